The molecule has 0 aliphatic carbocycles. The van der Waals surface area contributed by atoms with Gasteiger partial charge in [-0.1, -0.05) is 25.1 Å². The van der Waals surface area contributed by atoms with Crippen molar-refractivity contribution in [3.8, 4) is 0 Å². The zero-order chi connectivity index (χ0) is 8.10. The maximum atomic E-state index is 3.90. The van der Waals surface area contributed by atoms with E-state index < -0.39 is 0 Å². The van der Waals surface area contributed by atoms with Crippen LogP contribution < -0.4 is 5.43 Å². The fraction of sp³-hybridized carbons (Fsp3) is 0.300. The first-order valence-electron chi connectivity index (χ1n) is 3.63. The van der Waals surface area contributed by atoms with Gasteiger partial charge in [0.2, 0.25) is 0 Å². The number of nitrogens with one attached hydrogen (secondary N) is 1. The van der Waals surface area contributed by atoms with Crippen LogP contribution >= 0.6 is 0 Å². The summed E-state index contributed by atoms with van der Waals surface area (Å²) in [5.41, 5.74) is 5.17. The molecule has 0 unspecified atom stereocenters. The Hall–Kier alpha value is -1.31. The first-order valence-corrected chi connectivity index (χ1v) is 3.63. The van der Waals surface area contributed by atoms with Crippen LogP contribution in [0.25, 0.3) is 0 Å². The average molecular weight is 164 g/mol. The fourth-order valence-electron chi connectivity index (χ4n) is 0.767. The number of hydrogen-bond acceptors (Lipinski definition) is 2. The molecule has 2 heteroatoms. The van der Waals surface area contributed by atoms with Crippen LogP contribution in [-0.2, 0) is 0 Å². The summed E-state index contributed by atoms with van der Waals surface area (Å²) in [6.45, 7) is 3.94. The second-order valence-electron chi connectivity index (χ2n) is 2.37. The lowest BCUT2D eigenvalue weighted by Gasteiger charge is -1.98. The zero-order valence-electron chi connectivity index (χ0n) is 6.83. The van der Waals surface area contributed by atoms with Gasteiger partial charge in [0.05, 0.1) is 5.69 Å². The second-order valence-corrected chi connectivity index (χ2v) is 2.37. The molecule has 1 N–H and O–H groups in total. The second kappa shape index (κ2) is 5.35. The van der Waals surface area contributed by atoms with Gasteiger partial charge < -0.3 is 0 Å². The number of rotatable bonds is 2. The Bertz CT molecular complexity index is 237. The number of benzene rings is 1. The average Bonchev–Trinajstić information content (AvgIpc) is 2.04. The van der Waals surface area contributed by atoms with Crippen molar-refractivity contribution in [1.82, 2.24) is 0 Å². The zero-order valence-corrected chi connectivity index (χ0v) is 6.83. The molecule has 0 fully saturated rings. The summed E-state index contributed by atoms with van der Waals surface area (Å²) >= 11 is 0. The molecule has 0 radical (unpaired) electrons. The van der Waals surface area contributed by atoms with E-state index in [1.54, 1.807) is 6.21 Å². The van der Waals surface area contributed by atoms with Gasteiger partial charge in [-0.15, -0.1) is 0 Å². The number of hydrazone groups is 1. The summed E-state index contributed by atoms with van der Waals surface area (Å²) in [5, 5.41) is 3.90. The summed E-state index contributed by atoms with van der Waals surface area (Å²) in [7, 11) is 0. The van der Waals surface area contributed by atoms with E-state index in [-0.39, 0.29) is 7.43 Å². The molecule has 0 spiro atoms. The van der Waals surface area contributed by atoms with Gasteiger partial charge in [0, 0.05) is 6.21 Å². The lowest BCUT2D eigenvalue weighted by atomic mass is 10.2. The van der Waals surface area contributed by atoms with E-state index in [9.17, 15) is 0 Å². The first-order chi connectivity index (χ1) is 5.33. The normalized spacial score (nSPS) is 9.50. The Morgan fingerprint density at radius 1 is 1.25 bits per heavy atom. The molecule has 0 bridgehead atoms. The van der Waals surface area contributed by atoms with Crippen molar-refractivity contribution in [2.24, 2.45) is 5.10 Å². The van der Waals surface area contributed by atoms with Gasteiger partial charge in [-0.25, -0.2) is 0 Å². The van der Waals surface area contributed by atoms with Crippen LogP contribution in [-0.4, -0.2) is 6.21 Å². The van der Waals surface area contributed by atoms with Crippen molar-refractivity contribution < 1.29 is 0 Å². The third-order valence-corrected chi connectivity index (χ3v) is 1.37. The molecule has 66 valence electrons. The minimum atomic E-state index is 0. The molecule has 0 heterocycles. The first kappa shape index (κ1) is 10.7. The highest BCUT2D eigenvalue weighted by Gasteiger charge is 1.86. The lowest BCUT2D eigenvalue weighted by Crippen LogP contribution is -1.86. The molecular weight excluding hydrogens is 148 g/mol. The molecule has 12 heavy (non-hydrogen) atoms. The lowest BCUT2D eigenvalue weighted by molar-refractivity contribution is 1.33. The Balaban J connectivity index is 0.00000121. The van der Waals surface area contributed by atoms with E-state index in [0.717, 1.165) is 5.69 Å². The Kier molecular flexibility index (Phi) is 4.77. The van der Waals surface area contributed by atoms with Gasteiger partial charge in [-0.3, -0.25) is 5.43 Å². The van der Waals surface area contributed by atoms with E-state index in [0.29, 0.717) is 0 Å². The van der Waals surface area contributed by atoms with Crippen molar-refractivity contribution in [3.63, 3.8) is 0 Å². The van der Waals surface area contributed by atoms with Gasteiger partial charge in [0.15, 0.2) is 0 Å². The van der Waals surface area contributed by atoms with Crippen molar-refractivity contribution >= 4 is 11.9 Å². The van der Waals surface area contributed by atoms with E-state index in [1.165, 1.54) is 5.56 Å². The number of hydrogen-bond donors (Lipinski definition) is 1. The molecule has 1 aromatic rings. The van der Waals surface area contributed by atoms with Gasteiger partial charge >= 0.3 is 0 Å². The van der Waals surface area contributed by atoms with Gasteiger partial charge in [-0.05, 0) is 26.0 Å². The third-order valence-electron chi connectivity index (χ3n) is 1.37. The van der Waals surface area contributed by atoms with Crippen LogP contribution in [0.4, 0.5) is 5.69 Å². The van der Waals surface area contributed by atoms with Crippen LogP contribution in [0.1, 0.15) is 19.9 Å². The van der Waals surface area contributed by atoms with Crippen LogP contribution in [0, 0.1) is 6.92 Å². The van der Waals surface area contributed by atoms with Crippen molar-refractivity contribution in [2.75, 3.05) is 5.43 Å². The van der Waals surface area contributed by atoms with Gasteiger partial charge in [0.25, 0.3) is 0 Å². The summed E-state index contributed by atoms with van der Waals surface area (Å²) in [4.78, 5) is 0. The maximum Gasteiger partial charge on any atom is 0.0561 e. The molecule has 0 aliphatic heterocycles. The predicted molar refractivity (Wildman–Crippen MR) is 55.7 cm³/mol. The fourth-order valence-corrected chi connectivity index (χ4v) is 0.767. The molecule has 0 saturated heterocycles. The van der Waals surface area contributed by atoms with Crippen molar-refractivity contribution in [3.05, 3.63) is 29.8 Å². The molecule has 1 rings (SSSR count). The highest BCUT2D eigenvalue weighted by molar-refractivity contribution is 5.56. The largest absolute Gasteiger partial charge is 0.279 e. The van der Waals surface area contributed by atoms with E-state index in [1.807, 2.05) is 31.2 Å². The third kappa shape index (κ3) is 3.19. The minimum Gasteiger partial charge on any atom is -0.279 e. The highest BCUT2D eigenvalue weighted by atomic mass is 15.3. The van der Waals surface area contributed by atoms with Gasteiger partial charge in [-0.2, -0.15) is 5.10 Å². The smallest absolute Gasteiger partial charge is 0.0561 e. The van der Waals surface area contributed by atoms with Crippen molar-refractivity contribution in [2.45, 2.75) is 21.3 Å². The molecule has 2 nitrogen and oxygen atoms in total. The number of aryl methyl sites for hydroxylation is 1. The van der Waals surface area contributed by atoms with Crippen molar-refractivity contribution in [1.29, 1.82) is 0 Å². The summed E-state index contributed by atoms with van der Waals surface area (Å²) in [5.74, 6) is 0. The predicted octanol–water partition coefficient (Wildman–Crippen LogP) is 3.05. The number of nitrogens with zero attached hydrogens (tertiary/aromatic N) is 1. The quantitative estimate of drug-likeness (QED) is 0.527. The minimum absolute atomic E-state index is 0. The highest BCUT2D eigenvalue weighted by Crippen LogP contribution is 2.07. The molecule has 0 saturated carbocycles. The summed E-state index contributed by atoms with van der Waals surface area (Å²) in [6, 6.07) is 8.10. The maximum absolute atomic E-state index is 3.90. The van der Waals surface area contributed by atoms with Crippen LogP contribution in [0.5, 0.6) is 0 Å². The number of anilines is 1. The molecule has 1 aromatic carbocycles. The topological polar surface area (TPSA) is 24.4 Å². The molecular formula is C10H16N2. The van der Waals surface area contributed by atoms with Crippen LogP contribution in [0.15, 0.2) is 29.4 Å². The summed E-state index contributed by atoms with van der Waals surface area (Å²) in [6.07, 6.45) is 1.72. The molecule has 0 aromatic heterocycles. The molecule has 0 aliphatic rings. The van der Waals surface area contributed by atoms with E-state index in [4.69, 9.17) is 0 Å². The van der Waals surface area contributed by atoms with E-state index >= 15 is 0 Å². The Labute approximate surface area is 74.3 Å². The Morgan fingerprint density at radius 3 is 2.33 bits per heavy atom. The standard InChI is InChI=1S/C9H12N2.CH4/c1-3-10-11-9-6-4-8(2)5-7-9;/h3-7,11H,1-2H3;1H4. The summed E-state index contributed by atoms with van der Waals surface area (Å²) < 4.78 is 0. The SMILES string of the molecule is C.CC=NNc1ccc(C)cc1. The van der Waals surface area contributed by atoms with E-state index in [2.05, 4.69) is 17.5 Å². The van der Waals surface area contributed by atoms with Crippen LogP contribution in [0.3, 0.4) is 0 Å². The molecule has 0 atom stereocenters. The molecule has 0 amide bonds. The monoisotopic (exact) mass is 164 g/mol. The van der Waals surface area contributed by atoms with Crippen LogP contribution in [0.2, 0.25) is 0 Å². The van der Waals surface area contributed by atoms with Gasteiger partial charge in [0.1, 0.15) is 0 Å². The Morgan fingerprint density at radius 2 is 1.83 bits per heavy atom.